The van der Waals surface area contributed by atoms with Crippen molar-refractivity contribution in [2.45, 2.75) is 64.7 Å². The highest BCUT2D eigenvalue weighted by molar-refractivity contribution is 6.04. The SMILES string of the molecule is C=CC(=O)c1ccc(C2CCC(CCCCC)C(C)C2)cc1. The van der Waals surface area contributed by atoms with Gasteiger partial charge in [-0.25, -0.2) is 0 Å². The van der Waals surface area contributed by atoms with Gasteiger partial charge in [0.25, 0.3) is 0 Å². The Hall–Kier alpha value is -1.37. The van der Waals surface area contributed by atoms with Gasteiger partial charge in [0.05, 0.1) is 0 Å². The van der Waals surface area contributed by atoms with Crippen molar-refractivity contribution in [3.8, 4) is 0 Å². The van der Waals surface area contributed by atoms with E-state index in [1.54, 1.807) is 0 Å². The number of benzene rings is 1. The molecule has 1 aromatic rings. The summed E-state index contributed by atoms with van der Waals surface area (Å²) in [5, 5.41) is 0. The van der Waals surface area contributed by atoms with E-state index in [1.165, 1.54) is 56.6 Å². The van der Waals surface area contributed by atoms with E-state index in [9.17, 15) is 4.79 Å². The molecule has 3 atom stereocenters. The second-order valence-corrected chi connectivity index (χ2v) is 6.93. The fourth-order valence-corrected chi connectivity index (χ4v) is 3.88. The predicted octanol–water partition coefficient (Wildman–Crippen LogP) is 6.16. The van der Waals surface area contributed by atoms with Crippen LogP contribution < -0.4 is 0 Å². The second-order valence-electron chi connectivity index (χ2n) is 6.93. The van der Waals surface area contributed by atoms with Crippen LogP contribution in [0.5, 0.6) is 0 Å². The van der Waals surface area contributed by atoms with Crippen LogP contribution in [-0.2, 0) is 0 Å². The van der Waals surface area contributed by atoms with Crippen LogP contribution in [0.15, 0.2) is 36.9 Å². The summed E-state index contributed by atoms with van der Waals surface area (Å²) in [6.45, 7) is 8.26. The normalized spacial score (nSPS) is 24.9. The number of hydrogen-bond donors (Lipinski definition) is 0. The van der Waals surface area contributed by atoms with Crippen molar-refractivity contribution < 1.29 is 4.79 Å². The Morgan fingerprint density at radius 1 is 1.23 bits per heavy atom. The van der Waals surface area contributed by atoms with Gasteiger partial charge in [-0.3, -0.25) is 4.79 Å². The standard InChI is InChI=1S/C21H30O/c1-4-6-7-8-17-9-14-20(15-16(17)3)18-10-12-19(13-11-18)21(22)5-2/h5,10-13,16-17,20H,2,4,6-9,14-15H2,1,3H3. The van der Waals surface area contributed by atoms with Gasteiger partial charge < -0.3 is 0 Å². The molecule has 0 N–H and O–H groups in total. The largest absolute Gasteiger partial charge is 0.289 e. The number of rotatable bonds is 7. The monoisotopic (exact) mass is 298 g/mol. The minimum Gasteiger partial charge on any atom is -0.289 e. The van der Waals surface area contributed by atoms with Crippen molar-refractivity contribution >= 4 is 5.78 Å². The topological polar surface area (TPSA) is 17.1 Å². The predicted molar refractivity (Wildman–Crippen MR) is 94.4 cm³/mol. The third kappa shape index (κ3) is 4.32. The van der Waals surface area contributed by atoms with Gasteiger partial charge in [0.1, 0.15) is 0 Å². The quantitative estimate of drug-likeness (QED) is 0.335. The molecule has 1 fully saturated rings. The van der Waals surface area contributed by atoms with E-state index in [0.717, 1.165) is 17.4 Å². The summed E-state index contributed by atoms with van der Waals surface area (Å²) in [5.41, 5.74) is 2.15. The van der Waals surface area contributed by atoms with Crippen LogP contribution >= 0.6 is 0 Å². The molecular formula is C21H30O. The molecule has 1 saturated carbocycles. The fourth-order valence-electron chi connectivity index (χ4n) is 3.88. The van der Waals surface area contributed by atoms with Gasteiger partial charge in [0.15, 0.2) is 5.78 Å². The molecule has 1 aromatic carbocycles. The molecule has 0 amide bonds. The highest BCUT2D eigenvalue weighted by Crippen LogP contribution is 2.41. The Labute approximate surface area is 135 Å². The summed E-state index contributed by atoms with van der Waals surface area (Å²) in [7, 11) is 0. The highest BCUT2D eigenvalue weighted by atomic mass is 16.1. The van der Waals surface area contributed by atoms with Gasteiger partial charge in [-0.15, -0.1) is 0 Å². The third-order valence-electron chi connectivity index (χ3n) is 5.38. The van der Waals surface area contributed by atoms with Crippen molar-refractivity contribution in [1.82, 2.24) is 0 Å². The first-order valence-electron chi connectivity index (χ1n) is 8.92. The molecule has 0 spiro atoms. The first-order valence-corrected chi connectivity index (χ1v) is 8.92. The molecule has 3 unspecified atom stereocenters. The number of ketones is 1. The average molecular weight is 298 g/mol. The average Bonchev–Trinajstić information content (AvgIpc) is 2.56. The van der Waals surface area contributed by atoms with Crippen LogP contribution in [0.2, 0.25) is 0 Å². The molecule has 0 radical (unpaired) electrons. The molecule has 1 aliphatic carbocycles. The van der Waals surface area contributed by atoms with Crippen molar-refractivity contribution in [2.75, 3.05) is 0 Å². The van der Waals surface area contributed by atoms with Gasteiger partial charge in [-0.05, 0) is 48.7 Å². The lowest BCUT2D eigenvalue weighted by atomic mass is 9.71. The van der Waals surface area contributed by atoms with Gasteiger partial charge >= 0.3 is 0 Å². The second kappa shape index (κ2) is 8.31. The van der Waals surface area contributed by atoms with Gasteiger partial charge in [0.2, 0.25) is 0 Å². The minimum absolute atomic E-state index is 0.0135. The van der Waals surface area contributed by atoms with Crippen LogP contribution in [0.4, 0.5) is 0 Å². The van der Waals surface area contributed by atoms with E-state index in [1.807, 2.05) is 12.1 Å². The van der Waals surface area contributed by atoms with E-state index < -0.39 is 0 Å². The molecule has 0 bridgehead atoms. The van der Waals surface area contributed by atoms with Crippen molar-refractivity contribution in [3.05, 3.63) is 48.0 Å². The first-order chi connectivity index (χ1) is 10.7. The Kier molecular flexibility index (Phi) is 6.42. The third-order valence-corrected chi connectivity index (χ3v) is 5.38. The molecular weight excluding hydrogens is 268 g/mol. The Balaban J connectivity index is 1.92. The zero-order valence-electron chi connectivity index (χ0n) is 14.2. The van der Waals surface area contributed by atoms with Gasteiger partial charge in [0, 0.05) is 5.56 Å². The molecule has 0 aromatic heterocycles. The van der Waals surface area contributed by atoms with Crippen LogP contribution in [0.1, 0.15) is 80.6 Å². The lowest BCUT2D eigenvalue weighted by molar-refractivity contribution is 0.104. The van der Waals surface area contributed by atoms with Crippen LogP contribution in [-0.4, -0.2) is 5.78 Å². The van der Waals surface area contributed by atoms with E-state index in [2.05, 4.69) is 32.6 Å². The summed E-state index contributed by atoms with van der Waals surface area (Å²) < 4.78 is 0. The highest BCUT2D eigenvalue weighted by Gasteiger charge is 2.27. The lowest BCUT2D eigenvalue weighted by Gasteiger charge is -2.34. The Bertz CT molecular complexity index is 485. The van der Waals surface area contributed by atoms with Crippen LogP contribution in [0.25, 0.3) is 0 Å². The molecule has 2 rings (SSSR count). The molecule has 1 aliphatic rings. The van der Waals surface area contributed by atoms with E-state index in [4.69, 9.17) is 0 Å². The van der Waals surface area contributed by atoms with Crippen molar-refractivity contribution in [1.29, 1.82) is 0 Å². The van der Waals surface area contributed by atoms with Gasteiger partial charge in [-0.2, -0.15) is 0 Å². The number of carbonyl (C=O) groups is 1. The van der Waals surface area contributed by atoms with Gasteiger partial charge in [-0.1, -0.05) is 70.4 Å². The molecule has 1 heteroatoms. The van der Waals surface area contributed by atoms with E-state index in [-0.39, 0.29) is 5.78 Å². The maximum absolute atomic E-state index is 11.6. The number of allylic oxidation sites excluding steroid dienone is 1. The van der Waals surface area contributed by atoms with Crippen molar-refractivity contribution in [3.63, 3.8) is 0 Å². The Morgan fingerprint density at radius 2 is 1.95 bits per heavy atom. The minimum atomic E-state index is 0.0135. The summed E-state index contributed by atoms with van der Waals surface area (Å²) in [5.74, 6) is 2.43. The van der Waals surface area contributed by atoms with Crippen LogP contribution in [0.3, 0.4) is 0 Å². The molecule has 120 valence electrons. The Morgan fingerprint density at radius 3 is 2.55 bits per heavy atom. The molecule has 0 heterocycles. The maximum Gasteiger partial charge on any atom is 0.185 e. The molecule has 1 nitrogen and oxygen atoms in total. The molecule has 22 heavy (non-hydrogen) atoms. The number of hydrogen-bond acceptors (Lipinski definition) is 1. The summed E-state index contributed by atoms with van der Waals surface area (Å²) >= 11 is 0. The molecule has 0 saturated heterocycles. The first kappa shape index (κ1) is 17.0. The zero-order chi connectivity index (χ0) is 15.9. The summed E-state index contributed by atoms with van der Waals surface area (Å²) in [6.07, 6.45) is 10.9. The van der Waals surface area contributed by atoms with Crippen molar-refractivity contribution in [2.24, 2.45) is 11.8 Å². The lowest BCUT2D eigenvalue weighted by Crippen LogP contribution is -2.22. The molecule has 0 aliphatic heterocycles. The zero-order valence-corrected chi connectivity index (χ0v) is 14.2. The van der Waals surface area contributed by atoms with Crippen LogP contribution in [0, 0.1) is 11.8 Å². The smallest absolute Gasteiger partial charge is 0.185 e. The fraction of sp³-hybridized carbons (Fsp3) is 0.571. The number of carbonyl (C=O) groups excluding carboxylic acids is 1. The van der Waals surface area contributed by atoms with E-state index >= 15 is 0 Å². The van der Waals surface area contributed by atoms with E-state index in [0.29, 0.717) is 5.92 Å². The summed E-state index contributed by atoms with van der Waals surface area (Å²) in [6, 6.07) is 8.20. The number of unbranched alkanes of at least 4 members (excludes halogenated alkanes) is 2. The summed E-state index contributed by atoms with van der Waals surface area (Å²) in [4.78, 5) is 11.6. The maximum atomic E-state index is 11.6.